The molecule has 0 bridgehead atoms. The van der Waals surface area contributed by atoms with E-state index in [1.54, 1.807) is 0 Å². The van der Waals surface area contributed by atoms with Gasteiger partial charge in [-0.25, -0.2) is 0 Å². The molecule has 0 aromatic heterocycles. The van der Waals surface area contributed by atoms with Crippen LogP contribution in [0.15, 0.2) is 60.7 Å². The molecule has 0 radical (unpaired) electrons. The van der Waals surface area contributed by atoms with E-state index in [2.05, 4.69) is 70.5 Å². The molecule has 0 aliphatic carbocycles. The van der Waals surface area contributed by atoms with Crippen molar-refractivity contribution in [3.05, 3.63) is 71.8 Å². The van der Waals surface area contributed by atoms with Gasteiger partial charge in [-0.3, -0.25) is 14.6 Å². The number of benzene rings is 2. The van der Waals surface area contributed by atoms with Crippen molar-refractivity contribution in [3.8, 4) is 0 Å². The maximum Gasteiger partial charge on any atom is 0.141 e. The van der Waals surface area contributed by atoms with Crippen LogP contribution >= 0.6 is 0 Å². The minimum atomic E-state index is 0.236. The Morgan fingerprint density at radius 1 is 0.731 bits per heavy atom. The Morgan fingerprint density at radius 2 is 1.15 bits per heavy atom. The third kappa shape index (κ3) is 4.22. The number of Topliss-reactive ketones (excluding diaryl/α,β-unsaturated/α-hetero) is 1. The Morgan fingerprint density at radius 3 is 1.58 bits per heavy atom. The van der Waals surface area contributed by atoms with E-state index in [-0.39, 0.29) is 11.8 Å². The lowest BCUT2D eigenvalue weighted by Crippen LogP contribution is -2.29. The second-order valence-corrected chi connectivity index (χ2v) is 7.81. The predicted molar refractivity (Wildman–Crippen MR) is 105 cm³/mol. The van der Waals surface area contributed by atoms with Gasteiger partial charge in [-0.15, -0.1) is 0 Å². The van der Waals surface area contributed by atoms with Crippen LogP contribution in [0.1, 0.15) is 24.0 Å². The van der Waals surface area contributed by atoms with Crippen LogP contribution in [0.2, 0.25) is 0 Å². The number of nitrogens with zero attached hydrogens (tertiary/aromatic N) is 2. The Labute approximate surface area is 156 Å². The largest absolute Gasteiger partial charge is 0.299 e. The highest BCUT2D eigenvalue weighted by atomic mass is 16.1. The van der Waals surface area contributed by atoms with Crippen molar-refractivity contribution in [2.75, 3.05) is 26.2 Å². The summed E-state index contributed by atoms with van der Waals surface area (Å²) in [5.74, 6) is 0.983. The second-order valence-electron chi connectivity index (χ2n) is 7.81. The quantitative estimate of drug-likeness (QED) is 0.797. The zero-order valence-corrected chi connectivity index (χ0v) is 15.4. The molecule has 2 atom stereocenters. The first-order valence-corrected chi connectivity index (χ1v) is 9.84. The highest BCUT2D eigenvalue weighted by molar-refractivity contribution is 5.84. The summed E-state index contributed by atoms with van der Waals surface area (Å²) in [5, 5.41) is 0. The summed E-state index contributed by atoms with van der Waals surface area (Å²) >= 11 is 0. The molecule has 0 saturated carbocycles. The highest BCUT2D eigenvalue weighted by Crippen LogP contribution is 2.27. The van der Waals surface area contributed by atoms with E-state index < -0.39 is 0 Å². The van der Waals surface area contributed by atoms with E-state index in [4.69, 9.17) is 0 Å². The fourth-order valence-electron chi connectivity index (χ4n) is 4.43. The molecule has 2 aromatic rings. The van der Waals surface area contributed by atoms with Gasteiger partial charge in [-0.2, -0.15) is 0 Å². The van der Waals surface area contributed by atoms with E-state index in [1.165, 1.54) is 11.1 Å². The molecule has 0 amide bonds. The minimum Gasteiger partial charge on any atom is -0.299 e. The summed E-state index contributed by atoms with van der Waals surface area (Å²) in [7, 11) is 0. The number of carbonyl (C=O) groups excluding carboxylic acids is 1. The summed E-state index contributed by atoms with van der Waals surface area (Å²) in [4.78, 5) is 17.9. The van der Waals surface area contributed by atoms with Gasteiger partial charge in [-0.05, 0) is 37.1 Å². The standard InChI is InChI=1S/C23H28N2O/c26-23(21-11-13-24(17-21)15-19-7-3-1-4-8-19)22-12-14-25(18-22)16-20-9-5-2-6-10-20/h1-10,21-22H,11-18H2. The summed E-state index contributed by atoms with van der Waals surface area (Å²) in [6.07, 6.45) is 2.06. The molecule has 2 aliphatic rings. The number of hydrogen-bond acceptors (Lipinski definition) is 3. The van der Waals surface area contributed by atoms with Crippen LogP contribution in [-0.2, 0) is 17.9 Å². The molecular weight excluding hydrogens is 320 g/mol. The minimum absolute atomic E-state index is 0.236. The van der Waals surface area contributed by atoms with Gasteiger partial charge in [0.05, 0.1) is 0 Å². The maximum atomic E-state index is 13.0. The Balaban J connectivity index is 1.27. The molecule has 0 N–H and O–H groups in total. The van der Waals surface area contributed by atoms with Gasteiger partial charge in [0.2, 0.25) is 0 Å². The van der Waals surface area contributed by atoms with Crippen LogP contribution in [0, 0.1) is 11.8 Å². The summed E-state index contributed by atoms with van der Waals surface area (Å²) in [6, 6.07) is 21.2. The second kappa shape index (κ2) is 8.15. The number of ketones is 1. The number of hydrogen-bond donors (Lipinski definition) is 0. The van der Waals surface area contributed by atoms with Crippen molar-refractivity contribution in [2.24, 2.45) is 11.8 Å². The Bertz CT molecular complexity index is 654. The number of carbonyl (C=O) groups is 1. The van der Waals surface area contributed by atoms with Crippen LogP contribution < -0.4 is 0 Å². The van der Waals surface area contributed by atoms with Gasteiger partial charge >= 0.3 is 0 Å². The average molecular weight is 348 g/mol. The summed E-state index contributed by atoms with van der Waals surface area (Å²) in [5.41, 5.74) is 2.69. The number of rotatable bonds is 6. The van der Waals surface area contributed by atoms with Crippen molar-refractivity contribution in [3.63, 3.8) is 0 Å². The summed E-state index contributed by atoms with van der Waals surface area (Å²) < 4.78 is 0. The zero-order chi connectivity index (χ0) is 17.8. The van der Waals surface area contributed by atoms with E-state index >= 15 is 0 Å². The number of likely N-dealkylation sites (tertiary alicyclic amines) is 2. The van der Waals surface area contributed by atoms with E-state index in [9.17, 15) is 4.79 Å². The molecule has 136 valence electrons. The monoisotopic (exact) mass is 348 g/mol. The molecule has 2 fully saturated rings. The van der Waals surface area contributed by atoms with Crippen molar-refractivity contribution in [2.45, 2.75) is 25.9 Å². The zero-order valence-electron chi connectivity index (χ0n) is 15.4. The lowest BCUT2D eigenvalue weighted by atomic mass is 9.91. The lowest BCUT2D eigenvalue weighted by molar-refractivity contribution is -0.126. The first kappa shape index (κ1) is 17.4. The molecule has 0 spiro atoms. The fraction of sp³-hybridized carbons (Fsp3) is 0.435. The molecule has 3 nitrogen and oxygen atoms in total. The highest BCUT2D eigenvalue weighted by Gasteiger charge is 2.35. The SMILES string of the molecule is O=C(C1CCN(Cc2ccccc2)C1)C1CCN(Cc2ccccc2)C1. The average Bonchev–Trinajstić information content (AvgIpc) is 3.33. The molecule has 4 rings (SSSR count). The van der Waals surface area contributed by atoms with Crippen LogP contribution in [0.3, 0.4) is 0 Å². The van der Waals surface area contributed by atoms with Crippen LogP contribution in [-0.4, -0.2) is 41.8 Å². The van der Waals surface area contributed by atoms with Crippen molar-refractivity contribution < 1.29 is 4.79 Å². The molecule has 3 heteroatoms. The lowest BCUT2D eigenvalue weighted by Gasteiger charge is -2.18. The maximum absolute atomic E-state index is 13.0. The van der Waals surface area contributed by atoms with Crippen molar-refractivity contribution >= 4 is 5.78 Å². The first-order valence-electron chi connectivity index (χ1n) is 9.84. The molecule has 2 aromatic carbocycles. The van der Waals surface area contributed by atoms with Crippen LogP contribution in [0.25, 0.3) is 0 Å². The summed E-state index contributed by atoms with van der Waals surface area (Å²) in [6.45, 7) is 5.90. The molecule has 2 unspecified atom stereocenters. The van der Waals surface area contributed by atoms with Gasteiger partial charge in [-0.1, -0.05) is 60.7 Å². The smallest absolute Gasteiger partial charge is 0.141 e. The Hall–Kier alpha value is -1.97. The van der Waals surface area contributed by atoms with E-state index in [0.717, 1.165) is 52.1 Å². The van der Waals surface area contributed by atoms with Gasteiger partial charge in [0.15, 0.2) is 0 Å². The fourth-order valence-corrected chi connectivity index (χ4v) is 4.43. The van der Waals surface area contributed by atoms with Gasteiger partial charge < -0.3 is 0 Å². The molecular formula is C23H28N2O. The Kier molecular flexibility index (Phi) is 5.47. The van der Waals surface area contributed by atoms with E-state index in [0.29, 0.717) is 5.78 Å². The van der Waals surface area contributed by atoms with Crippen molar-refractivity contribution in [1.82, 2.24) is 9.80 Å². The van der Waals surface area contributed by atoms with Crippen molar-refractivity contribution in [1.29, 1.82) is 0 Å². The van der Waals surface area contributed by atoms with Crippen LogP contribution in [0.4, 0.5) is 0 Å². The normalized spacial score (nSPS) is 24.2. The van der Waals surface area contributed by atoms with Gasteiger partial charge in [0.25, 0.3) is 0 Å². The molecule has 26 heavy (non-hydrogen) atoms. The molecule has 2 heterocycles. The third-order valence-corrected chi connectivity index (χ3v) is 5.85. The van der Waals surface area contributed by atoms with Crippen LogP contribution in [0.5, 0.6) is 0 Å². The topological polar surface area (TPSA) is 23.6 Å². The third-order valence-electron chi connectivity index (χ3n) is 5.85. The van der Waals surface area contributed by atoms with Gasteiger partial charge in [0, 0.05) is 38.0 Å². The predicted octanol–water partition coefficient (Wildman–Crippen LogP) is 3.60. The first-order chi connectivity index (χ1) is 12.8. The van der Waals surface area contributed by atoms with Gasteiger partial charge in [0.1, 0.15) is 5.78 Å². The molecule has 2 aliphatic heterocycles. The van der Waals surface area contributed by atoms with E-state index in [1.807, 2.05) is 0 Å². The molecule has 2 saturated heterocycles.